The number of nitrogens with two attached hydrogens (primary N) is 15. The second-order valence-electron chi connectivity index (χ2n) is 27.8. The average Bonchev–Trinajstić information content (AvgIpc) is 1.07. The molecular formula is C86H213N45O. The predicted molar refractivity (Wildman–Crippen MR) is 585 cm³/mol. The predicted octanol–water partition coefficient (Wildman–Crippen LogP) is 1.58. The van der Waals surface area contributed by atoms with Crippen LogP contribution in [0.2, 0.25) is 0 Å². The number of unbranched alkanes of at least 4 members (excludes halogenated alkanes) is 7. The van der Waals surface area contributed by atoms with E-state index >= 15 is 0 Å². The van der Waals surface area contributed by atoms with Gasteiger partial charge in [-0.3, -0.25) is 74.9 Å². The summed E-state index contributed by atoms with van der Waals surface area (Å²) in [7, 11) is 19.1. The molecule has 2 aliphatic rings. The van der Waals surface area contributed by atoms with Gasteiger partial charge in [-0.15, -0.1) is 0 Å². The van der Waals surface area contributed by atoms with E-state index in [0.717, 1.165) is 230 Å². The van der Waals surface area contributed by atoms with Crippen LogP contribution in [0, 0.1) is 5.92 Å². The molecule has 46 N–H and O–H groups in total. The summed E-state index contributed by atoms with van der Waals surface area (Å²) in [5, 5.41) is 53.8. The molecule has 788 valence electrons. The van der Waals surface area contributed by atoms with Crippen molar-refractivity contribution < 1.29 is 5.11 Å². The largest absolute Gasteiger partial charge is 0.395 e. The Morgan fingerprint density at radius 2 is 0.636 bits per heavy atom. The van der Waals surface area contributed by atoms with E-state index in [1.165, 1.54) is 57.8 Å². The van der Waals surface area contributed by atoms with Crippen molar-refractivity contribution in [1.82, 2.24) is 79.8 Å². The minimum absolute atomic E-state index is 0.132. The summed E-state index contributed by atoms with van der Waals surface area (Å²) < 4.78 is 0. The lowest BCUT2D eigenvalue weighted by Crippen LogP contribution is -2.38. The number of nitrogens with one attached hydrogen (secondary N) is 15. The third-order valence-electron chi connectivity index (χ3n) is 15.4. The summed E-state index contributed by atoms with van der Waals surface area (Å²) in [4.78, 5) is 57.7. The first kappa shape index (κ1) is 149. The Hall–Kier alpha value is -11.0. The number of hydrogen-bond acceptors (Lipinski definition) is 18. The standard InChI is InChI=1S/C8H17N3.C7H17N3O.3C7H17N3.C6H13N3.3C6H15N3.3C5H13N3.2C4H11N3.C3H9N3/c1-6-2-4-7(5-3-6)11-8(9)10;1-3-4-9-7(8-2)10-5-6-11;1-4-5-6-10-7(8-2)9-3;1-4-6-10-7(8-3)9-5-2;1-2-3-4-5-6-10-7(8)9;1-2-3-7-6-8-4-5-9-6;1-4-5-9-6(7-2)8-3;2*1-3-4-5-9-6(7)8-2;2*1-3-4-8-5(6)7-2;1-2-3-4-8-5(6)7;1-3-7-4(5)6-2;1-2-3-7-4(5)6;1-2-6-3(4)5/h6-7H,2-5H2,1H3,(H4,9,10,11);11H,3-6H2,1-2H3,(H2,8,9,10);2*4-6H2,1-3H3,(H2,8,9,10);2-6H2,1H3,(H4,8,9,10);2-5H2,1H3,(H2,7,8,9);4-5H2,1-3H3,(H2,7,8,9);2*3-5H2,1-2H3,(H3,7,8,9);2*3-4H2,1-2H3,(H3,6,7,8);2-4H2,1H3,(H4,6,7,8);3H2,1-2H3,(H3,5,6,7);2-3H2,1H3,(H4,5,6,7);2H2,1H3,(H4,4,5,6). The lowest BCUT2D eigenvalue weighted by atomic mass is 9.88. The molecule has 0 radical (unpaired) electrons. The second-order valence-corrected chi connectivity index (χ2v) is 27.8. The zero-order chi connectivity index (χ0) is 104. The van der Waals surface area contributed by atoms with Gasteiger partial charge >= 0.3 is 0 Å². The Bertz CT molecular complexity index is 2700. The fourth-order valence-electron chi connectivity index (χ4n) is 8.20. The molecule has 2 rings (SSSR count). The molecule has 46 nitrogen and oxygen atoms in total. The fraction of sp³-hybridized carbons (Fsp3) is 0.826. The maximum absolute atomic E-state index is 8.49. The van der Waals surface area contributed by atoms with Gasteiger partial charge in [-0.1, -0.05) is 135 Å². The third kappa shape index (κ3) is 166. The van der Waals surface area contributed by atoms with E-state index in [9.17, 15) is 0 Å². The van der Waals surface area contributed by atoms with E-state index in [0.29, 0.717) is 48.9 Å². The van der Waals surface area contributed by atoms with Gasteiger partial charge in [0.15, 0.2) is 89.4 Å². The molecule has 46 heteroatoms. The van der Waals surface area contributed by atoms with Gasteiger partial charge in [0.1, 0.15) is 0 Å². The molecule has 0 atom stereocenters. The molecule has 1 aliphatic heterocycles. The van der Waals surface area contributed by atoms with Crippen LogP contribution in [0.15, 0.2) is 74.9 Å². The molecule has 1 saturated carbocycles. The first-order valence-electron chi connectivity index (χ1n) is 47.5. The highest BCUT2D eigenvalue weighted by Gasteiger charge is 2.17. The summed E-state index contributed by atoms with van der Waals surface area (Å²) in [5.74, 6) is 8.79. The first-order valence-corrected chi connectivity index (χ1v) is 47.5. The smallest absolute Gasteiger partial charge is 0.191 e. The fourth-order valence-corrected chi connectivity index (χ4v) is 8.20. The van der Waals surface area contributed by atoms with Gasteiger partial charge in [-0.2, -0.15) is 0 Å². The van der Waals surface area contributed by atoms with Crippen LogP contribution in [0.25, 0.3) is 0 Å². The van der Waals surface area contributed by atoms with Gasteiger partial charge in [-0.05, 0) is 129 Å². The molecule has 0 aromatic heterocycles. The van der Waals surface area contributed by atoms with Gasteiger partial charge in [0.2, 0.25) is 0 Å². The number of aliphatic hydroxyl groups excluding tert-OH is 1. The zero-order valence-corrected chi connectivity index (χ0v) is 88.7. The number of aliphatic imine (C=N–C) groups is 15. The van der Waals surface area contributed by atoms with E-state index < -0.39 is 0 Å². The quantitative estimate of drug-likeness (QED) is 0.0238. The molecule has 132 heavy (non-hydrogen) atoms. The molecule has 0 unspecified atom stereocenters. The number of nitrogens with zero attached hydrogens (tertiary/aromatic N) is 15. The second kappa shape index (κ2) is 135. The maximum Gasteiger partial charge on any atom is 0.191 e. The van der Waals surface area contributed by atoms with Crippen LogP contribution in [0.4, 0.5) is 0 Å². The Morgan fingerprint density at radius 1 is 0.318 bits per heavy atom. The Kier molecular flexibility index (Phi) is 153. The first-order chi connectivity index (χ1) is 63.1. The molecule has 0 amide bonds. The topological polar surface area (TPSA) is 776 Å². The van der Waals surface area contributed by atoms with Crippen molar-refractivity contribution in [2.75, 3.05) is 202 Å². The lowest BCUT2D eigenvalue weighted by Gasteiger charge is -2.22. The molecule has 1 fully saturated rings. The lowest BCUT2D eigenvalue weighted by molar-refractivity contribution is 0.300. The summed E-state index contributed by atoms with van der Waals surface area (Å²) >= 11 is 0. The minimum Gasteiger partial charge on any atom is -0.395 e. The van der Waals surface area contributed by atoms with Gasteiger partial charge in [0.05, 0.1) is 19.2 Å². The Balaban J connectivity index is -0.000000105. The highest BCUT2D eigenvalue weighted by atomic mass is 16.3. The van der Waals surface area contributed by atoms with Crippen LogP contribution >= 0.6 is 0 Å². The number of guanidine groups is 15. The van der Waals surface area contributed by atoms with Crippen LogP contribution in [0.5, 0.6) is 0 Å². The molecule has 1 aliphatic carbocycles. The van der Waals surface area contributed by atoms with Crippen LogP contribution < -0.4 is 166 Å². The van der Waals surface area contributed by atoms with E-state index in [1.54, 1.807) is 63.4 Å². The molecule has 0 spiro atoms. The normalized spacial score (nSPS) is 12.8. The summed E-state index contributed by atoms with van der Waals surface area (Å²) in [6, 6.07) is 0.399. The molecule has 0 saturated heterocycles. The van der Waals surface area contributed by atoms with Crippen LogP contribution in [0.3, 0.4) is 0 Å². The van der Waals surface area contributed by atoms with Crippen LogP contribution in [-0.4, -0.2) is 302 Å². The Morgan fingerprint density at radius 3 is 0.909 bits per heavy atom. The van der Waals surface area contributed by atoms with Crippen molar-refractivity contribution in [3.8, 4) is 0 Å². The van der Waals surface area contributed by atoms with Crippen LogP contribution in [0.1, 0.15) is 258 Å². The molecular weight excluding hydrogens is 1680 g/mol. The van der Waals surface area contributed by atoms with Crippen molar-refractivity contribution in [2.24, 2.45) is 167 Å². The monoisotopic (exact) mass is 1890 g/mol. The molecule has 0 bridgehead atoms. The van der Waals surface area contributed by atoms with Crippen molar-refractivity contribution in [2.45, 2.75) is 265 Å². The molecule has 1 heterocycles. The SMILES string of the molecule is CC1CCC(N=C(N)N)CC1.CCCCCCN=C(N)N.CCCCN=C(N)N.CCCCNC(=NC)NC.CCCCNC(N)=NC.CCCCNC(N)=NC.CCCN=C(N)N.CCCNC(=NC)NC.CCCNC(=NC)NCC.CCCNC(=NC)NCCO.CCCNC(N)=NC.CCCNC(N)=NC.CCCNC1=NCCN1.CCN=C(N)N.CCNC(N)=NC. The highest BCUT2D eigenvalue weighted by Crippen LogP contribution is 2.25. The molecule has 0 aromatic carbocycles. The van der Waals surface area contributed by atoms with Crippen molar-refractivity contribution in [3.63, 3.8) is 0 Å². The van der Waals surface area contributed by atoms with Gasteiger partial charge in [0, 0.05) is 189 Å². The summed E-state index contributed by atoms with van der Waals surface area (Å²) in [5.41, 5.74) is 77.4. The third-order valence-corrected chi connectivity index (χ3v) is 15.4. The number of aliphatic hydroxyl groups is 1. The highest BCUT2D eigenvalue weighted by molar-refractivity contribution is 5.83. The Labute approximate surface area is 803 Å². The van der Waals surface area contributed by atoms with Crippen molar-refractivity contribution in [1.29, 1.82) is 0 Å². The van der Waals surface area contributed by atoms with E-state index in [1.807, 2.05) is 34.9 Å². The van der Waals surface area contributed by atoms with Crippen molar-refractivity contribution in [3.05, 3.63) is 0 Å². The number of hydrogen-bond donors (Lipinski definition) is 31. The van der Waals surface area contributed by atoms with Crippen molar-refractivity contribution >= 4 is 89.4 Å². The number of rotatable bonds is 37. The maximum atomic E-state index is 8.49. The summed E-state index contributed by atoms with van der Waals surface area (Å²) in [6.45, 7) is 49.4. The van der Waals surface area contributed by atoms with Gasteiger partial charge in [-0.25, -0.2) is 0 Å². The minimum atomic E-state index is 0.132. The van der Waals surface area contributed by atoms with Crippen LogP contribution in [-0.2, 0) is 0 Å². The van der Waals surface area contributed by atoms with E-state index in [-0.39, 0.29) is 36.4 Å². The zero-order valence-electron chi connectivity index (χ0n) is 88.7. The van der Waals surface area contributed by atoms with Gasteiger partial charge in [0.25, 0.3) is 0 Å². The summed E-state index contributed by atoms with van der Waals surface area (Å²) in [6.07, 6.45) is 26.6. The van der Waals surface area contributed by atoms with E-state index in [4.69, 9.17) is 91.1 Å². The van der Waals surface area contributed by atoms with Gasteiger partial charge < -0.3 is 171 Å². The van der Waals surface area contributed by atoms with E-state index in [2.05, 4.69) is 245 Å². The molecule has 0 aromatic rings. The average molecular weight is 1890 g/mol.